The van der Waals surface area contributed by atoms with E-state index in [1.165, 1.54) is 4.90 Å². The van der Waals surface area contributed by atoms with E-state index in [1.807, 2.05) is 37.3 Å². The van der Waals surface area contributed by atoms with Gasteiger partial charge in [-0.2, -0.15) is 10.4 Å². The highest BCUT2D eigenvalue weighted by Gasteiger charge is 2.12. The maximum absolute atomic E-state index is 8.50. The Bertz CT molecular complexity index is 621. The van der Waals surface area contributed by atoms with Crippen LogP contribution in [0.1, 0.15) is 12.5 Å². The maximum Gasteiger partial charge on any atom is 0.187 e. The maximum atomic E-state index is 8.50. The molecule has 1 saturated heterocycles. The van der Waals surface area contributed by atoms with Gasteiger partial charge in [-0.1, -0.05) is 0 Å². The van der Waals surface area contributed by atoms with Crippen molar-refractivity contribution >= 4 is 23.0 Å². The number of nitrogens with one attached hydrogen (secondary N) is 3. The second-order valence-electron chi connectivity index (χ2n) is 5.65. The molecule has 0 unspecified atom stereocenters. The fourth-order valence-electron chi connectivity index (χ4n) is 2.41. The van der Waals surface area contributed by atoms with Crippen molar-refractivity contribution in [3.63, 3.8) is 0 Å². The van der Waals surface area contributed by atoms with Crippen LogP contribution in [0, 0.1) is 11.3 Å². The molecule has 134 valence electrons. The molecule has 0 bridgehead atoms. The van der Waals surface area contributed by atoms with Crippen LogP contribution in [0.5, 0.6) is 5.75 Å². The van der Waals surface area contributed by atoms with Gasteiger partial charge in [0.25, 0.3) is 0 Å². The molecular weight excluding hydrogens is 338 g/mol. The zero-order chi connectivity index (χ0) is 17.9. The minimum atomic E-state index is 0.0417. The lowest BCUT2D eigenvalue weighted by Crippen LogP contribution is -3.14. The minimum absolute atomic E-state index is 0.0417. The van der Waals surface area contributed by atoms with Crippen molar-refractivity contribution in [3.8, 4) is 11.8 Å². The summed E-state index contributed by atoms with van der Waals surface area (Å²) >= 11 is 5.24. The van der Waals surface area contributed by atoms with Crippen molar-refractivity contribution in [3.05, 3.63) is 29.8 Å². The van der Waals surface area contributed by atoms with E-state index in [1.54, 1.807) is 0 Å². The third kappa shape index (κ3) is 7.05. The van der Waals surface area contributed by atoms with Crippen molar-refractivity contribution in [2.45, 2.75) is 6.92 Å². The standard InChI is InChI=1S/C17H23N5O2S/c1-14(15-2-4-16(5-3-15)24-11-6-18)20-21-17(25)19-7-8-22-9-12-23-13-10-22/h2-5H,7-13H2,1H3,(H2,19,21,25)/p+1/b20-14-. The van der Waals surface area contributed by atoms with Gasteiger partial charge in [0.2, 0.25) is 0 Å². The summed E-state index contributed by atoms with van der Waals surface area (Å²) in [6.45, 7) is 7.53. The van der Waals surface area contributed by atoms with Crippen molar-refractivity contribution in [2.24, 2.45) is 5.10 Å². The third-order valence-corrected chi connectivity index (χ3v) is 4.10. The van der Waals surface area contributed by atoms with Gasteiger partial charge in [-0.25, -0.2) is 0 Å². The number of ether oxygens (including phenoxy) is 2. The van der Waals surface area contributed by atoms with Crippen LogP contribution >= 0.6 is 12.2 Å². The first-order valence-electron chi connectivity index (χ1n) is 8.28. The van der Waals surface area contributed by atoms with Gasteiger partial charge in [0, 0.05) is 0 Å². The van der Waals surface area contributed by atoms with Crippen LogP contribution in [0.3, 0.4) is 0 Å². The largest absolute Gasteiger partial charge is 0.479 e. The topological polar surface area (TPSA) is 83.1 Å². The molecule has 1 heterocycles. The summed E-state index contributed by atoms with van der Waals surface area (Å²) in [5, 5.41) is 16.5. The number of rotatable bonds is 7. The molecule has 1 fully saturated rings. The average molecular weight is 362 g/mol. The number of morpholine rings is 1. The Morgan fingerprint density at radius 1 is 1.36 bits per heavy atom. The second-order valence-corrected chi connectivity index (χ2v) is 6.06. The predicted molar refractivity (Wildman–Crippen MR) is 99.9 cm³/mol. The van der Waals surface area contributed by atoms with Gasteiger partial charge in [0.15, 0.2) is 11.7 Å². The first-order valence-corrected chi connectivity index (χ1v) is 8.69. The van der Waals surface area contributed by atoms with Crippen LogP contribution in [0.2, 0.25) is 0 Å². The van der Waals surface area contributed by atoms with E-state index in [0.717, 1.165) is 50.7 Å². The average Bonchev–Trinajstić information content (AvgIpc) is 2.65. The zero-order valence-electron chi connectivity index (χ0n) is 14.4. The molecule has 25 heavy (non-hydrogen) atoms. The third-order valence-electron chi connectivity index (χ3n) is 3.86. The summed E-state index contributed by atoms with van der Waals surface area (Å²) in [5.41, 5.74) is 4.64. The Morgan fingerprint density at radius 3 is 2.76 bits per heavy atom. The smallest absolute Gasteiger partial charge is 0.187 e. The SMILES string of the molecule is C/C(=N/NC(=S)NCC[NH+]1CCOCC1)c1ccc(OCC#N)cc1. The Hall–Kier alpha value is -2.21. The Morgan fingerprint density at radius 2 is 2.08 bits per heavy atom. The molecule has 0 amide bonds. The van der Waals surface area contributed by atoms with Crippen molar-refractivity contribution < 1.29 is 14.4 Å². The summed E-state index contributed by atoms with van der Waals surface area (Å²) in [7, 11) is 0. The number of hydrogen-bond acceptors (Lipinski definition) is 5. The molecule has 1 aromatic rings. The number of nitrogens with zero attached hydrogens (tertiary/aromatic N) is 2. The van der Waals surface area contributed by atoms with Crippen molar-refractivity contribution in [1.82, 2.24) is 10.7 Å². The highest BCUT2D eigenvalue weighted by molar-refractivity contribution is 7.80. The Kier molecular flexibility index (Phi) is 8.12. The lowest BCUT2D eigenvalue weighted by molar-refractivity contribution is -0.906. The van der Waals surface area contributed by atoms with E-state index in [0.29, 0.717) is 10.9 Å². The summed E-state index contributed by atoms with van der Waals surface area (Å²) in [5.74, 6) is 0.661. The van der Waals surface area contributed by atoms with Gasteiger partial charge in [-0.05, 0) is 49.0 Å². The lowest BCUT2D eigenvalue weighted by atomic mass is 10.1. The molecule has 0 aliphatic carbocycles. The predicted octanol–water partition coefficient (Wildman–Crippen LogP) is -0.308. The normalized spacial score (nSPS) is 15.3. The molecule has 3 N–H and O–H groups in total. The molecule has 0 spiro atoms. The summed E-state index contributed by atoms with van der Waals surface area (Å²) < 4.78 is 10.6. The Labute approximate surface area is 153 Å². The molecular formula is C17H24N5O2S+. The molecule has 2 rings (SSSR count). The molecule has 7 nitrogen and oxygen atoms in total. The van der Waals surface area contributed by atoms with Crippen LogP contribution in [0.15, 0.2) is 29.4 Å². The molecule has 1 aromatic carbocycles. The van der Waals surface area contributed by atoms with Gasteiger partial charge >= 0.3 is 0 Å². The molecule has 1 aliphatic rings. The van der Waals surface area contributed by atoms with Gasteiger partial charge in [-0.3, -0.25) is 5.43 Å². The number of thiocarbonyl (C=S) groups is 1. The van der Waals surface area contributed by atoms with E-state index in [9.17, 15) is 0 Å². The molecule has 8 heteroatoms. The summed E-state index contributed by atoms with van der Waals surface area (Å²) in [6.07, 6.45) is 0. The zero-order valence-corrected chi connectivity index (χ0v) is 15.2. The van der Waals surface area contributed by atoms with E-state index in [4.69, 9.17) is 27.0 Å². The molecule has 0 radical (unpaired) electrons. The fourth-order valence-corrected chi connectivity index (χ4v) is 2.56. The summed E-state index contributed by atoms with van der Waals surface area (Å²) in [6, 6.07) is 9.35. The van der Waals surface area contributed by atoms with E-state index in [-0.39, 0.29) is 6.61 Å². The molecule has 1 aliphatic heterocycles. The molecule has 0 saturated carbocycles. The Balaban J connectivity index is 1.72. The van der Waals surface area contributed by atoms with Crippen molar-refractivity contribution in [2.75, 3.05) is 46.0 Å². The van der Waals surface area contributed by atoms with Crippen LogP contribution in [-0.4, -0.2) is 56.8 Å². The number of benzene rings is 1. The van der Waals surface area contributed by atoms with Gasteiger partial charge in [-0.15, -0.1) is 0 Å². The molecule has 0 aromatic heterocycles. The van der Waals surface area contributed by atoms with Gasteiger partial charge < -0.3 is 19.7 Å². The monoisotopic (exact) mass is 362 g/mol. The number of hydrogen-bond donors (Lipinski definition) is 3. The van der Waals surface area contributed by atoms with Crippen LogP contribution in [0.25, 0.3) is 0 Å². The van der Waals surface area contributed by atoms with E-state index >= 15 is 0 Å². The summed E-state index contributed by atoms with van der Waals surface area (Å²) in [4.78, 5) is 1.53. The lowest BCUT2D eigenvalue weighted by Gasteiger charge is -2.23. The van der Waals surface area contributed by atoms with Crippen LogP contribution in [-0.2, 0) is 4.74 Å². The van der Waals surface area contributed by atoms with Gasteiger partial charge in [0.1, 0.15) is 24.9 Å². The number of quaternary nitrogens is 1. The number of nitriles is 1. The van der Waals surface area contributed by atoms with E-state index in [2.05, 4.69) is 15.8 Å². The van der Waals surface area contributed by atoms with Gasteiger partial charge in [0.05, 0.1) is 32.0 Å². The van der Waals surface area contributed by atoms with Crippen LogP contribution in [0.4, 0.5) is 0 Å². The highest BCUT2D eigenvalue weighted by Crippen LogP contribution is 2.12. The van der Waals surface area contributed by atoms with Crippen LogP contribution < -0.4 is 20.4 Å². The second kappa shape index (κ2) is 10.6. The molecule has 0 atom stereocenters. The number of hydrazone groups is 1. The minimum Gasteiger partial charge on any atom is -0.479 e. The van der Waals surface area contributed by atoms with E-state index < -0.39 is 0 Å². The van der Waals surface area contributed by atoms with Crippen molar-refractivity contribution in [1.29, 1.82) is 5.26 Å². The fraction of sp³-hybridized carbons (Fsp3) is 0.471. The first-order chi connectivity index (χ1) is 12.2. The highest BCUT2D eigenvalue weighted by atomic mass is 32.1. The quantitative estimate of drug-likeness (QED) is 0.351. The first kappa shape index (κ1) is 19.1.